The van der Waals surface area contributed by atoms with E-state index in [4.69, 9.17) is 6.15 Å². The van der Waals surface area contributed by atoms with Crippen molar-refractivity contribution in [1.82, 2.24) is 0 Å². The van der Waals surface area contributed by atoms with Gasteiger partial charge < -0.3 is 0 Å². The van der Waals surface area contributed by atoms with E-state index < -0.39 is 37.6 Å². The summed E-state index contributed by atoms with van der Waals surface area (Å²) in [6.45, 7) is 25.5. The zero-order valence-corrected chi connectivity index (χ0v) is 51.2. The molecule has 0 N–H and O–H groups in total. The molecule has 0 unspecified atom stereocenters. The first-order valence-corrected chi connectivity index (χ1v) is 43.9. The van der Waals surface area contributed by atoms with Gasteiger partial charge in [0.2, 0.25) is 0 Å². The molecule has 0 aromatic heterocycles. The molecule has 376 valence electrons. The molecular weight excluding hydrogens is 966 g/mol. The van der Waals surface area contributed by atoms with Gasteiger partial charge in [0.15, 0.2) is 0 Å². The molecular formula is C58H124O2Sn2. The Hall–Kier alpha value is 1.52. The van der Waals surface area contributed by atoms with Gasteiger partial charge in [-0.25, -0.2) is 0 Å². The van der Waals surface area contributed by atoms with Gasteiger partial charge in [-0.15, -0.1) is 0 Å². The third-order valence-electron chi connectivity index (χ3n) is 14.1. The van der Waals surface area contributed by atoms with Crippen LogP contribution < -0.4 is 0 Å². The second-order valence-electron chi connectivity index (χ2n) is 21.5. The molecule has 0 amide bonds. The van der Waals surface area contributed by atoms with Crippen LogP contribution in [-0.4, -0.2) is 50.8 Å². The van der Waals surface area contributed by atoms with Crippen molar-refractivity contribution in [1.29, 1.82) is 0 Å². The van der Waals surface area contributed by atoms with Crippen LogP contribution in [0.1, 0.15) is 313 Å². The topological polar surface area (TPSA) is 18.5 Å². The summed E-state index contributed by atoms with van der Waals surface area (Å²) in [5, 5.41) is 0. The number of hydrogen-bond acceptors (Lipinski definition) is 2. The van der Waals surface area contributed by atoms with E-state index in [1.807, 2.05) is 0 Å². The quantitative estimate of drug-likeness (QED) is 0.0446. The first-order chi connectivity index (χ1) is 30.2. The molecule has 0 saturated heterocycles. The van der Waals surface area contributed by atoms with E-state index >= 15 is 0 Å². The normalized spacial score (nSPS) is 12.2. The number of unbranched alkanes of at least 4 members (excludes halogenated alkanes) is 30. The van der Waals surface area contributed by atoms with Crippen LogP contribution in [0, 0.1) is 11.8 Å². The van der Waals surface area contributed by atoms with Crippen molar-refractivity contribution >= 4 is 37.6 Å². The second-order valence-corrected chi connectivity index (χ2v) is 45.3. The summed E-state index contributed by atoms with van der Waals surface area (Å²) in [6.07, 6.45) is 54.2. The van der Waals surface area contributed by atoms with Crippen molar-refractivity contribution in [2.24, 2.45) is 11.8 Å². The third kappa shape index (κ3) is 46.6. The molecule has 0 aromatic rings. The molecule has 0 aromatic carbocycles. The van der Waals surface area contributed by atoms with Gasteiger partial charge >= 0.3 is 409 Å². The minimum absolute atomic E-state index is 0.779. The third-order valence-corrected chi connectivity index (χ3v) is 40.4. The van der Waals surface area contributed by atoms with Crippen molar-refractivity contribution in [2.75, 3.05) is 13.2 Å². The molecule has 0 atom stereocenters. The van der Waals surface area contributed by atoms with E-state index in [9.17, 15) is 0 Å². The summed E-state index contributed by atoms with van der Waals surface area (Å²) in [6, 6.07) is 0. The first-order valence-electron chi connectivity index (χ1n) is 29.5. The van der Waals surface area contributed by atoms with Gasteiger partial charge in [-0.3, -0.25) is 0 Å². The van der Waals surface area contributed by atoms with E-state index in [2.05, 4.69) is 69.2 Å². The van der Waals surface area contributed by atoms with Crippen molar-refractivity contribution in [3.8, 4) is 0 Å². The standard InChI is InChI=1S/6C8H17.2C5H11O.2Sn/c6*1-3-5-7-8-6-4-2;2*1-5(2)3-4-6;;/h6*1,3-8H2,2H3;2*5H,3-4H2,1-2H3;;/q;;;;;;2*-1;2*+1. The van der Waals surface area contributed by atoms with Crippen LogP contribution >= 0.6 is 0 Å². The fourth-order valence-corrected chi connectivity index (χ4v) is 34.8. The Balaban J connectivity index is 0. The van der Waals surface area contributed by atoms with Gasteiger partial charge in [-0.2, -0.15) is 0 Å². The van der Waals surface area contributed by atoms with Gasteiger partial charge in [-0.1, -0.05) is 0 Å². The molecule has 0 spiro atoms. The summed E-state index contributed by atoms with van der Waals surface area (Å²) < 4.78 is 23.2. The molecule has 0 radical (unpaired) electrons. The van der Waals surface area contributed by atoms with E-state index in [0.717, 1.165) is 25.0 Å². The Morgan fingerprint density at radius 3 is 0.565 bits per heavy atom. The first kappa shape index (κ1) is 65.6. The maximum absolute atomic E-state index is 7.03. The Morgan fingerprint density at radius 1 is 0.242 bits per heavy atom. The van der Waals surface area contributed by atoms with Crippen molar-refractivity contribution < 1.29 is 6.15 Å². The van der Waals surface area contributed by atoms with Gasteiger partial charge in [0.1, 0.15) is 0 Å². The van der Waals surface area contributed by atoms with Crippen molar-refractivity contribution in [3.63, 3.8) is 0 Å². The van der Waals surface area contributed by atoms with Crippen LogP contribution in [0.2, 0.25) is 26.6 Å². The van der Waals surface area contributed by atoms with Gasteiger partial charge in [0, 0.05) is 0 Å². The van der Waals surface area contributed by atoms with Crippen LogP contribution in [0.3, 0.4) is 0 Å². The van der Waals surface area contributed by atoms with E-state index in [1.165, 1.54) is 271 Å². The summed E-state index contributed by atoms with van der Waals surface area (Å²) in [4.78, 5) is 0. The van der Waals surface area contributed by atoms with E-state index in [-0.39, 0.29) is 0 Å². The Labute approximate surface area is 405 Å². The van der Waals surface area contributed by atoms with Gasteiger partial charge in [0.25, 0.3) is 0 Å². The summed E-state index contributed by atoms with van der Waals surface area (Å²) >= 11 is -4.92. The van der Waals surface area contributed by atoms with E-state index in [0.29, 0.717) is 0 Å². The molecule has 0 heterocycles. The van der Waals surface area contributed by atoms with E-state index in [1.54, 1.807) is 0 Å². The van der Waals surface area contributed by atoms with Crippen LogP contribution in [-0.2, 0) is 6.15 Å². The van der Waals surface area contributed by atoms with Crippen LogP contribution in [0.4, 0.5) is 0 Å². The molecule has 2 nitrogen and oxygen atoms in total. The molecule has 0 rings (SSSR count). The predicted molar refractivity (Wildman–Crippen MR) is 291 cm³/mol. The summed E-state index contributed by atoms with van der Waals surface area (Å²) in [5.74, 6) is 1.56. The summed E-state index contributed by atoms with van der Waals surface area (Å²) in [7, 11) is 0. The van der Waals surface area contributed by atoms with Crippen LogP contribution in [0.5, 0.6) is 0 Å². The molecule has 0 saturated carbocycles. The van der Waals surface area contributed by atoms with Crippen molar-refractivity contribution in [3.05, 3.63) is 0 Å². The zero-order valence-electron chi connectivity index (χ0n) is 45.5. The van der Waals surface area contributed by atoms with Gasteiger partial charge in [-0.05, 0) is 0 Å². The molecule has 62 heavy (non-hydrogen) atoms. The predicted octanol–water partition coefficient (Wildman–Crippen LogP) is 22.2. The SMILES string of the molecule is CCCCCCC[CH2][Sn]([CH2]CCCCCCC)([CH2]CCCCCCC)[O]CCC(C)C.CCCCCCC[CH2][Sn]([CH2]CCCCCCC)([CH2]CCCCCCC)[O]CCC(C)C. The zero-order chi connectivity index (χ0) is 46.1. The molecule has 4 heteroatoms. The Bertz CT molecular complexity index is 668. The average molecular weight is 1090 g/mol. The minimum atomic E-state index is -2.46. The fourth-order valence-electron chi connectivity index (χ4n) is 9.57. The molecule has 0 fully saturated rings. The Kier molecular flexibility index (Phi) is 54.9. The molecule has 0 aliphatic heterocycles. The second kappa shape index (κ2) is 51.9. The van der Waals surface area contributed by atoms with Crippen LogP contribution in [0.25, 0.3) is 0 Å². The number of hydrogen-bond donors (Lipinski definition) is 0. The monoisotopic (exact) mass is 1090 g/mol. The van der Waals surface area contributed by atoms with Crippen LogP contribution in [0.15, 0.2) is 0 Å². The molecule has 0 bridgehead atoms. The maximum atomic E-state index is 7.03. The number of rotatable bonds is 50. The molecule has 0 aliphatic carbocycles. The summed E-state index contributed by atoms with van der Waals surface area (Å²) in [5.41, 5.74) is 0. The Morgan fingerprint density at radius 2 is 0.403 bits per heavy atom. The fraction of sp³-hybridized carbons (Fsp3) is 1.00. The molecule has 0 aliphatic rings. The van der Waals surface area contributed by atoms with Gasteiger partial charge in [0.05, 0.1) is 0 Å². The average Bonchev–Trinajstić information content (AvgIpc) is 3.25. The van der Waals surface area contributed by atoms with Crippen molar-refractivity contribution in [2.45, 2.75) is 340 Å².